The largest absolute Gasteiger partial charge is 0.480 e. The number of nitrogens with one attached hydrogen (secondary N) is 1. The van der Waals surface area contributed by atoms with Crippen LogP contribution in [0.15, 0.2) is 0 Å². The number of carbonyl (C=O) groups excluding carboxylic acids is 2. The normalized spacial score (nSPS) is 19.9. The second-order valence-corrected chi connectivity index (χ2v) is 7.86. The molecule has 0 aromatic heterocycles. The zero-order chi connectivity index (χ0) is 19.5. The number of aliphatic carboxylic acids is 1. The van der Waals surface area contributed by atoms with E-state index >= 15 is 0 Å². The molecule has 2 rings (SSSR count). The van der Waals surface area contributed by atoms with E-state index in [1.807, 2.05) is 0 Å². The Kier molecular flexibility index (Phi) is 9.42. The average molecular weight is 383 g/mol. The van der Waals surface area contributed by atoms with Crippen molar-refractivity contribution in [3.05, 3.63) is 0 Å². The van der Waals surface area contributed by atoms with Gasteiger partial charge in [-0.05, 0) is 43.9 Å². The maximum absolute atomic E-state index is 11.9. The summed E-state index contributed by atoms with van der Waals surface area (Å²) in [5.41, 5.74) is 0. The van der Waals surface area contributed by atoms with Gasteiger partial charge >= 0.3 is 18.0 Å². The molecule has 2 N–H and O–H groups in total. The maximum atomic E-state index is 11.9. The van der Waals surface area contributed by atoms with E-state index in [1.54, 1.807) is 0 Å². The zero-order valence-electron chi connectivity index (χ0n) is 16.1. The van der Waals surface area contributed by atoms with Gasteiger partial charge in [-0.15, -0.1) is 0 Å². The summed E-state index contributed by atoms with van der Waals surface area (Å²) in [6, 6.07) is -1.15. The number of hydrogen-bond donors (Lipinski definition) is 2. The molecule has 0 spiro atoms. The number of hydrogen-bond acceptors (Lipinski definition) is 5. The molecule has 0 heterocycles. The fourth-order valence-electron chi connectivity index (χ4n) is 3.89. The number of carboxylic acid groups (broad SMARTS) is 1. The number of carboxylic acids is 1. The van der Waals surface area contributed by atoms with E-state index in [0.717, 1.165) is 38.5 Å². The average Bonchev–Trinajstić information content (AvgIpc) is 2.69. The topological polar surface area (TPSA) is 102 Å². The minimum Gasteiger partial charge on any atom is -0.480 e. The number of amides is 1. The first-order chi connectivity index (χ1) is 13.0. The highest BCUT2D eigenvalue weighted by Crippen LogP contribution is 2.24. The van der Waals surface area contributed by atoms with Crippen LogP contribution in [0.3, 0.4) is 0 Å². The summed E-state index contributed by atoms with van der Waals surface area (Å²) in [5, 5.41) is 11.6. The SMILES string of the molecule is O=C(CCC(NC(=O)OCC1CCCCC1)C(=O)O)OCC1CCCCC1. The summed E-state index contributed by atoms with van der Waals surface area (Å²) >= 11 is 0. The molecule has 7 heteroatoms. The first-order valence-corrected chi connectivity index (χ1v) is 10.4. The van der Waals surface area contributed by atoms with Crippen molar-refractivity contribution >= 4 is 18.0 Å². The van der Waals surface area contributed by atoms with E-state index in [0.29, 0.717) is 25.0 Å². The second kappa shape index (κ2) is 11.8. The van der Waals surface area contributed by atoms with Crippen LogP contribution in [0, 0.1) is 11.8 Å². The van der Waals surface area contributed by atoms with Gasteiger partial charge < -0.3 is 19.9 Å². The fraction of sp³-hybridized carbons (Fsp3) is 0.850. The predicted octanol–water partition coefficient (Wildman–Crippen LogP) is 3.65. The van der Waals surface area contributed by atoms with Crippen LogP contribution in [-0.4, -0.2) is 42.4 Å². The molecule has 0 bridgehead atoms. The number of rotatable bonds is 9. The number of ether oxygens (including phenoxy) is 2. The third-order valence-corrected chi connectivity index (χ3v) is 5.61. The van der Waals surface area contributed by atoms with Crippen LogP contribution in [0.4, 0.5) is 4.79 Å². The fourth-order valence-corrected chi connectivity index (χ4v) is 3.89. The van der Waals surface area contributed by atoms with E-state index < -0.39 is 24.1 Å². The molecule has 2 fully saturated rings. The Morgan fingerprint density at radius 3 is 1.89 bits per heavy atom. The number of carbonyl (C=O) groups is 3. The van der Waals surface area contributed by atoms with Gasteiger partial charge in [0.1, 0.15) is 6.04 Å². The van der Waals surface area contributed by atoms with E-state index in [-0.39, 0.29) is 12.8 Å². The van der Waals surface area contributed by atoms with Gasteiger partial charge in [0.05, 0.1) is 13.2 Å². The molecule has 154 valence electrons. The van der Waals surface area contributed by atoms with Crippen molar-refractivity contribution in [3.63, 3.8) is 0 Å². The monoisotopic (exact) mass is 383 g/mol. The lowest BCUT2D eigenvalue weighted by atomic mass is 9.90. The van der Waals surface area contributed by atoms with Crippen LogP contribution in [0.2, 0.25) is 0 Å². The van der Waals surface area contributed by atoms with Crippen LogP contribution in [-0.2, 0) is 19.1 Å². The van der Waals surface area contributed by atoms with Gasteiger partial charge in [-0.2, -0.15) is 0 Å². The molecule has 0 aromatic carbocycles. The molecule has 1 amide bonds. The maximum Gasteiger partial charge on any atom is 0.407 e. The van der Waals surface area contributed by atoms with E-state index in [4.69, 9.17) is 9.47 Å². The molecule has 0 radical (unpaired) electrons. The Morgan fingerprint density at radius 2 is 1.37 bits per heavy atom. The van der Waals surface area contributed by atoms with Gasteiger partial charge in [-0.3, -0.25) is 4.79 Å². The lowest BCUT2D eigenvalue weighted by molar-refractivity contribution is -0.146. The first kappa shape index (κ1) is 21.5. The minimum absolute atomic E-state index is 0.00262. The zero-order valence-corrected chi connectivity index (χ0v) is 16.1. The number of alkyl carbamates (subject to hydrolysis) is 1. The van der Waals surface area contributed by atoms with Crippen LogP contribution >= 0.6 is 0 Å². The molecule has 2 saturated carbocycles. The summed E-state index contributed by atoms with van der Waals surface area (Å²) in [6.07, 6.45) is 10.6. The molecule has 2 aliphatic rings. The van der Waals surface area contributed by atoms with E-state index in [1.165, 1.54) is 25.7 Å². The molecular formula is C20H33NO6. The van der Waals surface area contributed by atoms with Gasteiger partial charge in [0.2, 0.25) is 0 Å². The number of esters is 1. The first-order valence-electron chi connectivity index (χ1n) is 10.4. The van der Waals surface area contributed by atoms with Crippen molar-refractivity contribution in [2.24, 2.45) is 11.8 Å². The van der Waals surface area contributed by atoms with Gasteiger partial charge in [0, 0.05) is 6.42 Å². The van der Waals surface area contributed by atoms with Gasteiger partial charge in [-0.25, -0.2) is 9.59 Å². The predicted molar refractivity (Wildman–Crippen MR) is 99.3 cm³/mol. The molecular weight excluding hydrogens is 350 g/mol. The van der Waals surface area contributed by atoms with Crippen molar-refractivity contribution in [2.45, 2.75) is 83.1 Å². The summed E-state index contributed by atoms with van der Waals surface area (Å²) < 4.78 is 10.4. The Hall–Kier alpha value is -1.79. The summed E-state index contributed by atoms with van der Waals surface area (Å²) in [7, 11) is 0. The van der Waals surface area contributed by atoms with Crippen LogP contribution < -0.4 is 5.32 Å². The molecule has 7 nitrogen and oxygen atoms in total. The highest BCUT2D eigenvalue weighted by Gasteiger charge is 2.24. The molecule has 0 aromatic rings. The lowest BCUT2D eigenvalue weighted by Gasteiger charge is -2.22. The van der Waals surface area contributed by atoms with Crippen LogP contribution in [0.5, 0.6) is 0 Å². The van der Waals surface area contributed by atoms with Crippen molar-refractivity contribution < 1.29 is 29.0 Å². The Morgan fingerprint density at radius 1 is 0.852 bits per heavy atom. The Balaban J connectivity index is 1.63. The molecule has 1 unspecified atom stereocenters. The van der Waals surface area contributed by atoms with E-state index in [2.05, 4.69) is 5.32 Å². The molecule has 1 atom stereocenters. The minimum atomic E-state index is -1.18. The third-order valence-electron chi connectivity index (χ3n) is 5.61. The summed E-state index contributed by atoms with van der Waals surface area (Å²) in [4.78, 5) is 35.1. The third kappa shape index (κ3) is 8.63. The van der Waals surface area contributed by atoms with Crippen molar-refractivity contribution in [1.29, 1.82) is 0 Å². The smallest absolute Gasteiger partial charge is 0.407 e. The van der Waals surface area contributed by atoms with Crippen molar-refractivity contribution in [2.75, 3.05) is 13.2 Å². The quantitative estimate of drug-likeness (QED) is 0.589. The Labute approximate surface area is 161 Å². The molecule has 0 saturated heterocycles. The lowest BCUT2D eigenvalue weighted by Crippen LogP contribution is -2.42. The molecule has 0 aliphatic heterocycles. The molecule has 27 heavy (non-hydrogen) atoms. The van der Waals surface area contributed by atoms with Crippen molar-refractivity contribution in [1.82, 2.24) is 5.32 Å². The van der Waals surface area contributed by atoms with Gasteiger partial charge in [0.15, 0.2) is 0 Å². The second-order valence-electron chi connectivity index (χ2n) is 7.86. The van der Waals surface area contributed by atoms with Crippen molar-refractivity contribution in [3.8, 4) is 0 Å². The van der Waals surface area contributed by atoms with Gasteiger partial charge in [-0.1, -0.05) is 38.5 Å². The highest BCUT2D eigenvalue weighted by atomic mass is 16.5. The highest BCUT2D eigenvalue weighted by molar-refractivity contribution is 5.80. The standard InChI is InChI=1S/C20H33NO6/c22-18(26-13-15-7-3-1-4-8-15)12-11-17(19(23)24)21-20(25)27-14-16-9-5-2-6-10-16/h15-17H,1-14H2,(H,21,25)(H,23,24). The van der Waals surface area contributed by atoms with Crippen LogP contribution in [0.25, 0.3) is 0 Å². The summed E-state index contributed by atoms with van der Waals surface area (Å²) in [6.45, 7) is 0.731. The van der Waals surface area contributed by atoms with E-state index in [9.17, 15) is 19.5 Å². The Bertz CT molecular complexity index is 483. The van der Waals surface area contributed by atoms with Crippen LogP contribution in [0.1, 0.15) is 77.0 Å². The summed E-state index contributed by atoms with van der Waals surface area (Å²) in [5.74, 6) is -0.803. The molecule has 2 aliphatic carbocycles. The van der Waals surface area contributed by atoms with Gasteiger partial charge in [0.25, 0.3) is 0 Å².